The maximum absolute atomic E-state index is 6.00. The minimum absolute atomic E-state index is 0.156. The minimum atomic E-state index is -0.156. The summed E-state index contributed by atoms with van der Waals surface area (Å²) in [6.45, 7) is 2.13. The molecular formula is C14H18ClN3OS. The average Bonchev–Trinajstić information content (AvgIpc) is 2.93. The summed E-state index contributed by atoms with van der Waals surface area (Å²) < 4.78 is 5.21. The van der Waals surface area contributed by atoms with E-state index in [1.807, 2.05) is 24.3 Å². The summed E-state index contributed by atoms with van der Waals surface area (Å²) in [5, 5.41) is 4.70. The van der Waals surface area contributed by atoms with Crippen LogP contribution in [0.5, 0.6) is 0 Å². The summed E-state index contributed by atoms with van der Waals surface area (Å²) in [5.41, 5.74) is 6.00. The molecule has 0 aliphatic rings. The van der Waals surface area contributed by atoms with Crippen LogP contribution >= 0.6 is 23.4 Å². The first-order valence-electron chi connectivity index (χ1n) is 6.65. The largest absolute Gasteiger partial charge is 0.338 e. The van der Waals surface area contributed by atoms with Crippen LogP contribution in [-0.2, 0) is 5.75 Å². The zero-order valence-corrected chi connectivity index (χ0v) is 13.0. The van der Waals surface area contributed by atoms with Gasteiger partial charge in [0.05, 0.1) is 11.8 Å². The highest BCUT2D eigenvalue weighted by Gasteiger charge is 2.14. The van der Waals surface area contributed by atoms with Gasteiger partial charge in [-0.2, -0.15) is 4.98 Å². The third kappa shape index (κ3) is 4.51. The molecule has 2 aromatic rings. The lowest BCUT2D eigenvalue weighted by molar-refractivity contribution is 0.343. The smallest absolute Gasteiger partial charge is 0.243 e. The zero-order valence-electron chi connectivity index (χ0n) is 11.4. The third-order valence-corrected chi connectivity index (χ3v) is 4.11. The van der Waals surface area contributed by atoms with Crippen LogP contribution in [0.3, 0.4) is 0 Å². The molecular weight excluding hydrogens is 294 g/mol. The first-order chi connectivity index (χ1) is 9.69. The summed E-state index contributed by atoms with van der Waals surface area (Å²) in [5.74, 6) is 1.86. The molecule has 0 amide bonds. The number of aromatic nitrogens is 2. The molecule has 0 spiro atoms. The lowest BCUT2D eigenvalue weighted by Gasteiger charge is -2.03. The summed E-state index contributed by atoms with van der Waals surface area (Å²) in [6, 6.07) is 7.53. The van der Waals surface area contributed by atoms with Crippen LogP contribution < -0.4 is 5.73 Å². The molecule has 1 aromatic carbocycles. The molecule has 0 radical (unpaired) electrons. The number of benzene rings is 1. The predicted octanol–water partition coefficient (Wildman–Crippen LogP) is 4.21. The molecule has 6 heteroatoms. The average molecular weight is 312 g/mol. The Labute approximate surface area is 128 Å². The topological polar surface area (TPSA) is 64.9 Å². The zero-order chi connectivity index (χ0) is 14.4. The van der Waals surface area contributed by atoms with Crippen LogP contribution in [0.2, 0.25) is 5.02 Å². The maximum atomic E-state index is 6.00. The van der Waals surface area contributed by atoms with Gasteiger partial charge in [-0.05, 0) is 30.7 Å². The van der Waals surface area contributed by atoms with Gasteiger partial charge in [0.2, 0.25) is 5.89 Å². The molecule has 0 bridgehead atoms. The van der Waals surface area contributed by atoms with Crippen LogP contribution in [0.4, 0.5) is 0 Å². The van der Waals surface area contributed by atoms with Crippen molar-refractivity contribution in [2.24, 2.45) is 5.73 Å². The second-order valence-electron chi connectivity index (χ2n) is 4.54. The molecule has 2 N–H and O–H groups in total. The Balaban J connectivity index is 1.87. The molecule has 0 saturated heterocycles. The molecule has 1 atom stereocenters. The number of thioether (sulfide) groups is 1. The van der Waals surface area contributed by atoms with Gasteiger partial charge in [-0.3, -0.25) is 0 Å². The van der Waals surface area contributed by atoms with Gasteiger partial charge in [-0.25, -0.2) is 0 Å². The van der Waals surface area contributed by atoms with Crippen LogP contribution in [0, 0.1) is 0 Å². The van der Waals surface area contributed by atoms with Gasteiger partial charge in [-0.1, -0.05) is 36.5 Å². The van der Waals surface area contributed by atoms with Crippen molar-refractivity contribution < 1.29 is 4.52 Å². The van der Waals surface area contributed by atoms with Crippen molar-refractivity contribution in [2.45, 2.75) is 42.9 Å². The molecule has 0 saturated carbocycles. The molecule has 2 rings (SSSR count). The van der Waals surface area contributed by atoms with E-state index in [1.54, 1.807) is 11.8 Å². The second kappa shape index (κ2) is 7.67. The van der Waals surface area contributed by atoms with Gasteiger partial charge in [0.15, 0.2) is 5.82 Å². The van der Waals surface area contributed by atoms with E-state index < -0.39 is 0 Å². The Kier molecular flexibility index (Phi) is 5.88. The molecule has 20 heavy (non-hydrogen) atoms. The van der Waals surface area contributed by atoms with Crippen LogP contribution in [0.1, 0.15) is 43.9 Å². The number of hydrogen-bond acceptors (Lipinski definition) is 5. The number of nitrogens with two attached hydrogens (primary N) is 1. The standard InChI is InChI=1S/C14H18ClN3OS/c1-2-3-4-12(16)14-17-13(18-19-14)9-20-11-7-5-10(15)6-8-11/h5-8,12H,2-4,9,16H2,1H3. The summed E-state index contributed by atoms with van der Waals surface area (Å²) in [7, 11) is 0. The summed E-state index contributed by atoms with van der Waals surface area (Å²) in [6.07, 6.45) is 3.06. The Bertz CT molecular complexity index is 529. The van der Waals surface area contributed by atoms with Crippen molar-refractivity contribution >= 4 is 23.4 Å². The van der Waals surface area contributed by atoms with Gasteiger partial charge >= 0.3 is 0 Å². The monoisotopic (exact) mass is 311 g/mol. The number of rotatable bonds is 7. The fourth-order valence-electron chi connectivity index (χ4n) is 1.70. The Hall–Kier alpha value is -1.04. The van der Waals surface area contributed by atoms with E-state index in [9.17, 15) is 0 Å². The highest BCUT2D eigenvalue weighted by Crippen LogP contribution is 2.24. The number of unbranched alkanes of at least 4 members (excludes halogenated alkanes) is 1. The van der Waals surface area contributed by atoms with Gasteiger partial charge in [0.1, 0.15) is 0 Å². The van der Waals surface area contributed by atoms with Crippen molar-refractivity contribution in [2.75, 3.05) is 0 Å². The van der Waals surface area contributed by atoms with E-state index in [1.165, 1.54) is 0 Å². The van der Waals surface area contributed by atoms with Crippen LogP contribution in [-0.4, -0.2) is 10.1 Å². The predicted molar refractivity (Wildman–Crippen MR) is 81.8 cm³/mol. The molecule has 108 valence electrons. The van der Waals surface area contributed by atoms with Crippen molar-refractivity contribution in [3.05, 3.63) is 41.0 Å². The molecule has 1 aromatic heterocycles. The SMILES string of the molecule is CCCCC(N)c1nc(CSc2ccc(Cl)cc2)no1. The highest BCUT2D eigenvalue weighted by atomic mass is 35.5. The van der Waals surface area contributed by atoms with Gasteiger partial charge < -0.3 is 10.3 Å². The van der Waals surface area contributed by atoms with Gasteiger partial charge in [0, 0.05) is 9.92 Å². The lowest BCUT2D eigenvalue weighted by Crippen LogP contribution is -2.10. The van der Waals surface area contributed by atoms with Gasteiger partial charge in [0.25, 0.3) is 0 Å². The van der Waals surface area contributed by atoms with Crippen molar-refractivity contribution in [3.63, 3.8) is 0 Å². The highest BCUT2D eigenvalue weighted by molar-refractivity contribution is 7.98. The Morgan fingerprint density at radius 1 is 1.35 bits per heavy atom. The van der Waals surface area contributed by atoms with E-state index in [-0.39, 0.29) is 6.04 Å². The molecule has 0 aliphatic carbocycles. The Morgan fingerprint density at radius 3 is 2.80 bits per heavy atom. The molecule has 1 unspecified atom stereocenters. The molecule has 4 nitrogen and oxygen atoms in total. The van der Waals surface area contributed by atoms with E-state index in [0.29, 0.717) is 17.5 Å². The van der Waals surface area contributed by atoms with Gasteiger partial charge in [-0.15, -0.1) is 11.8 Å². The van der Waals surface area contributed by atoms with E-state index in [4.69, 9.17) is 21.9 Å². The minimum Gasteiger partial charge on any atom is -0.338 e. The van der Waals surface area contributed by atoms with Crippen molar-refractivity contribution in [1.82, 2.24) is 10.1 Å². The van der Waals surface area contributed by atoms with E-state index in [0.717, 1.165) is 29.2 Å². The number of nitrogens with zero attached hydrogens (tertiary/aromatic N) is 2. The number of halogens is 1. The lowest BCUT2D eigenvalue weighted by atomic mass is 10.1. The maximum Gasteiger partial charge on any atom is 0.243 e. The first-order valence-corrected chi connectivity index (χ1v) is 8.02. The van der Waals surface area contributed by atoms with Crippen molar-refractivity contribution in [3.8, 4) is 0 Å². The second-order valence-corrected chi connectivity index (χ2v) is 6.03. The van der Waals surface area contributed by atoms with Crippen LogP contribution in [0.25, 0.3) is 0 Å². The third-order valence-electron chi connectivity index (χ3n) is 2.85. The quantitative estimate of drug-likeness (QED) is 0.776. The molecule has 0 aliphatic heterocycles. The van der Waals surface area contributed by atoms with E-state index in [2.05, 4.69) is 17.1 Å². The van der Waals surface area contributed by atoms with Crippen molar-refractivity contribution in [1.29, 1.82) is 0 Å². The normalized spacial score (nSPS) is 12.6. The fraction of sp³-hybridized carbons (Fsp3) is 0.429. The van der Waals surface area contributed by atoms with E-state index >= 15 is 0 Å². The summed E-state index contributed by atoms with van der Waals surface area (Å²) in [4.78, 5) is 5.47. The Morgan fingerprint density at radius 2 is 2.10 bits per heavy atom. The number of hydrogen-bond donors (Lipinski definition) is 1. The van der Waals surface area contributed by atoms with Crippen LogP contribution in [0.15, 0.2) is 33.7 Å². The summed E-state index contributed by atoms with van der Waals surface area (Å²) >= 11 is 7.49. The molecule has 0 fully saturated rings. The molecule has 1 heterocycles. The first kappa shape index (κ1) is 15.4. The fourth-order valence-corrected chi connectivity index (χ4v) is 2.57.